The second-order valence-electron chi connectivity index (χ2n) is 3.23. The van der Waals surface area contributed by atoms with E-state index in [1.165, 1.54) is 0 Å². The van der Waals surface area contributed by atoms with Gasteiger partial charge in [0.15, 0.2) is 12.3 Å². The Balaban J connectivity index is 2.60. The van der Waals surface area contributed by atoms with E-state index in [4.69, 9.17) is 15.6 Å². The summed E-state index contributed by atoms with van der Waals surface area (Å²) in [6, 6.07) is 2.14. The van der Waals surface area contributed by atoms with E-state index in [1.54, 1.807) is 0 Å². The number of ketones is 1. The molecule has 0 amide bonds. The van der Waals surface area contributed by atoms with Crippen molar-refractivity contribution in [1.82, 2.24) is 0 Å². The third kappa shape index (κ3) is 1.39. The number of aromatic hydroxyl groups is 2. The van der Waals surface area contributed by atoms with E-state index < -0.39 is 23.9 Å². The molecule has 1 aliphatic rings. The Bertz CT molecular complexity index is 431. The molecule has 2 rings (SSSR count). The van der Waals surface area contributed by atoms with Crippen molar-refractivity contribution in [2.45, 2.75) is 12.3 Å². The number of nitrogens with two attached hydrogens (primary N) is 1. The molecule has 1 aromatic rings. The molecule has 0 saturated heterocycles. The number of aliphatic hydroxyl groups excluding tert-OH is 1. The van der Waals surface area contributed by atoms with E-state index in [9.17, 15) is 15.0 Å². The molecule has 6 heteroatoms. The van der Waals surface area contributed by atoms with Crippen LogP contribution in [-0.4, -0.2) is 33.4 Å². The van der Waals surface area contributed by atoms with Gasteiger partial charge in [0.05, 0.1) is 0 Å². The van der Waals surface area contributed by atoms with Gasteiger partial charge in [-0.3, -0.25) is 10.5 Å². The summed E-state index contributed by atoms with van der Waals surface area (Å²) in [4.78, 5) is 11.5. The molecule has 80 valence electrons. The van der Waals surface area contributed by atoms with Gasteiger partial charge < -0.3 is 20.1 Å². The molecule has 1 aliphatic heterocycles. The van der Waals surface area contributed by atoms with Crippen LogP contribution in [0.2, 0.25) is 0 Å². The third-order valence-electron chi connectivity index (χ3n) is 2.16. The summed E-state index contributed by atoms with van der Waals surface area (Å²) >= 11 is 0. The number of ether oxygens (including phenoxy) is 1. The maximum absolute atomic E-state index is 11.5. The molecule has 0 spiro atoms. The third-order valence-corrected chi connectivity index (χ3v) is 2.16. The SMILES string of the molecule is NC1Oc2cc(O)cc(O)c2C(=O)C1O. The minimum Gasteiger partial charge on any atom is -0.508 e. The number of benzene rings is 1. The molecule has 1 heterocycles. The molecule has 0 fully saturated rings. The molecule has 0 aliphatic carbocycles. The number of phenolic OH excluding ortho intramolecular Hbond substituents is 2. The summed E-state index contributed by atoms with van der Waals surface area (Å²) in [7, 11) is 0. The number of carbonyl (C=O) groups is 1. The number of phenols is 2. The van der Waals surface area contributed by atoms with E-state index in [2.05, 4.69) is 0 Å². The minimum atomic E-state index is -1.51. The smallest absolute Gasteiger partial charge is 0.204 e. The highest BCUT2D eigenvalue weighted by molar-refractivity contribution is 6.05. The summed E-state index contributed by atoms with van der Waals surface area (Å²) in [6.07, 6.45) is -2.70. The fraction of sp³-hybridized carbons (Fsp3) is 0.222. The molecule has 15 heavy (non-hydrogen) atoms. The van der Waals surface area contributed by atoms with Gasteiger partial charge in [-0.15, -0.1) is 0 Å². The number of carbonyl (C=O) groups excluding carboxylic acids is 1. The van der Waals surface area contributed by atoms with Crippen LogP contribution >= 0.6 is 0 Å². The van der Waals surface area contributed by atoms with E-state index in [0.29, 0.717) is 0 Å². The second kappa shape index (κ2) is 3.11. The van der Waals surface area contributed by atoms with Crippen LogP contribution in [0.4, 0.5) is 0 Å². The summed E-state index contributed by atoms with van der Waals surface area (Å²) in [5, 5.41) is 27.9. The van der Waals surface area contributed by atoms with E-state index in [1.807, 2.05) is 0 Å². The number of Topliss-reactive ketones (excluding diaryl/α,β-unsaturated/α-hetero) is 1. The van der Waals surface area contributed by atoms with Crippen molar-refractivity contribution in [3.8, 4) is 17.2 Å². The van der Waals surface area contributed by atoms with Crippen LogP contribution in [0, 0.1) is 0 Å². The van der Waals surface area contributed by atoms with Crippen molar-refractivity contribution in [1.29, 1.82) is 0 Å². The van der Waals surface area contributed by atoms with Crippen LogP contribution in [0.25, 0.3) is 0 Å². The highest BCUT2D eigenvalue weighted by Crippen LogP contribution is 2.36. The predicted molar refractivity (Wildman–Crippen MR) is 48.7 cm³/mol. The van der Waals surface area contributed by atoms with Gasteiger partial charge in [-0.05, 0) is 0 Å². The molecular formula is C9H9NO5. The lowest BCUT2D eigenvalue weighted by atomic mass is 10.00. The summed E-state index contributed by atoms with van der Waals surface area (Å²) in [6.45, 7) is 0. The molecule has 1 aromatic carbocycles. The van der Waals surface area contributed by atoms with E-state index >= 15 is 0 Å². The van der Waals surface area contributed by atoms with Gasteiger partial charge in [0.2, 0.25) is 5.78 Å². The van der Waals surface area contributed by atoms with Gasteiger partial charge in [-0.25, -0.2) is 0 Å². The first-order valence-electron chi connectivity index (χ1n) is 4.21. The minimum absolute atomic E-state index is 0.0321. The monoisotopic (exact) mass is 211 g/mol. The molecule has 5 N–H and O–H groups in total. The molecule has 0 radical (unpaired) electrons. The number of hydrogen-bond donors (Lipinski definition) is 4. The Labute approximate surface area is 84.5 Å². The lowest BCUT2D eigenvalue weighted by molar-refractivity contribution is 0.0243. The van der Waals surface area contributed by atoms with Crippen molar-refractivity contribution >= 4 is 5.78 Å². The highest BCUT2D eigenvalue weighted by Gasteiger charge is 2.36. The highest BCUT2D eigenvalue weighted by atomic mass is 16.5. The van der Waals surface area contributed by atoms with Crippen LogP contribution in [0.5, 0.6) is 17.2 Å². The number of rotatable bonds is 0. The Morgan fingerprint density at radius 3 is 2.67 bits per heavy atom. The number of aliphatic hydroxyl groups is 1. The van der Waals surface area contributed by atoms with E-state index in [-0.39, 0.29) is 17.1 Å². The second-order valence-corrected chi connectivity index (χ2v) is 3.23. The first-order valence-corrected chi connectivity index (χ1v) is 4.21. The van der Waals surface area contributed by atoms with Crippen molar-refractivity contribution < 1.29 is 24.9 Å². The Hall–Kier alpha value is -1.79. The summed E-state index contributed by atoms with van der Waals surface area (Å²) in [5.41, 5.74) is 5.16. The van der Waals surface area contributed by atoms with Gasteiger partial charge in [-0.2, -0.15) is 0 Å². The Morgan fingerprint density at radius 2 is 2.00 bits per heavy atom. The van der Waals surface area contributed by atoms with Crippen LogP contribution in [0.1, 0.15) is 10.4 Å². The first-order chi connectivity index (χ1) is 7.00. The Morgan fingerprint density at radius 1 is 1.33 bits per heavy atom. The maximum atomic E-state index is 11.5. The van der Waals surface area contributed by atoms with Gasteiger partial charge in [0, 0.05) is 12.1 Å². The van der Waals surface area contributed by atoms with Crippen molar-refractivity contribution in [3.05, 3.63) is 17.7 Å². The molecule has 0 aromatic heterocycles. The molecule has 6 nitrogen and oxygen atoms in total. The average molecular weight is 211 g/mol. The topological polar surface area (TPSA) is 113 Å². The zero-order valence-electron chi connectivity index (χ0n) is 7.54. The fourth-order valence-electron chi connectivity index (χ4n) is 1.44. The van der Waals surface area contributed by atoms with Crippen LogP contribution in [0.3, 0.4) is 0 Å². The fourth-order valence-corrected chi connectivity index (χ4v) is 1.44. The van der Waals surface area contributed by atoms with Crippen molar-refractivity contribution in [2.24, 2.45) is 5.73 Å². The molecule has 2 atom stereocenters. The molecule has 0 saturated carbocycles. The number of fused-ring (bicyclic) bond motifs is 1. The zero-order valence-corrected chi connectivity index (χ0v) is 7.54. The number of hydrogen-bond acceptors (Lipinski definition) is 6. The lowest BCUT2D eigenvalue weighted by Crippen LogP contribution is -2.48. The van der Waals surface area contributed by atoms with E-state index in [0.717, 1.165) is 12.1 Å². The summed E-state index contributed by atoms with van der Waals surface area (Å²) < 4.78 is 4.96. The lowest BCUT2D eigenvalue weighted by Gasteiger charge is -2.26. The standard InChI is InChI=1S/C9H9NO5/c10-9-8(14)7(13)6-4(12)1-3(11)2-5(6)15-9/h1-2,8-9,11-12,14H,10H2. The van der Waals surface area contributed by atoms with Crippen molar-refractivity contribution in [3.63, 3.8) is 0 Å². The summed E-state index contributed by atoms with van der Waals surface area (Å²) in [5.74, 6) is -1.44. The average Bonchev–Trinajstić information content (AvgIpc) is 2.13. The largest absolute Gasteiger partial charge is 0.508 e. The first kappa shape index (κ1) is 9.75. The van der Waals surface area contributed by atoms with Gasteiger partial charge in [0.25, 0.3) is 0 Å². The van der Waals surface area contributed by atoms with Gasteiger partial charge >= 0.3 is 0 Å². The van der Waals surface area contributed by atoms with Crippen LogP contribution in [0.15, 0.2) is 12.1 Å². The zero-order chi connectivity index (χ0) is 11.2. The maximum Gasteiger partial charge on any atom is 0.204 e. The Kier molecular flexibility index (Phi) is 2.02. The van der Waals surface area contributed by atoms with Crippen molar-refractivity contribution in [2.75, 3.05) is 0 Å². The quantitative estimate of drug-likeness (QED) is 0.452. The molecule has 0 bridgehead atoms. The predicted octanol–water partition coefficient (Wildman–Crippen LogP) is -0.681. The van der Waals surface area contributed by atoms with Crippen LogP contribution < -0.4 is 10.5 Å². The van der Waals surface area contributed by atoms with Gasteiger partial charge in [0.1, 0.15) is 22.8 Å². The normalized spacial score (nSPS) is 24.5. The molecular weight excluding hydrogens is 202 g/mol. The molecule has 2 unspecified atom stereocenters. The van der Waals surface area contributed by atoms with Gasteiger partial charge in [-0.1, -0.05) is 0 Å². The van der Waals surface area contributed by atoms with Crippen LogP contribution in [-0.2, 0) is 0 Å².